The van der Waals surface area contributed by atoms with Gasteiger partial charge in [-0.2, -0.15) is 0 Å². The van der Waals surface area contributed by atoms with E-state index >= 15 is 0 Å². The molecule has 4 rings (SSSR count). The van der Waals surface area contributed by atoms with Crippen LogP contribution < -0.4 is 5.32 Å². The molecule has 16 nitrogen and oxygen atoms in total. The molecular weight excluding hydrogens is 756 g/mol. The van der Waals surface area contributed by atoms with Gasteiger partial charge in [0.2, 0.25) is 0 Å². The van der Waals surface area contributed by atoms with Crippen LogP contribution in [0.25, 0.3) is 0 Å². The van der Waals surface area contributed by atoms with Crippen LogP contribution in [0.3, 0.4) is 0 Å². The third kappa shape index (κ3) is 11.1. The molecule has 340 valence electrons. The second-order valence-corrected chi connectivity index (χ2v) is 18.6. The molecule has 0 aromatic heterocycles. The molecule has 2 bridgehead atoms. The van der Waals surface area contributed by atoms with Gasteiger partial charge in [-0.25, -0.2) is 0 Å². The lowest BCUT2D eigenvalue weighted by molar-refractivity contribution is -0.318. The Kier molecular flexibility index (Phi) is 17.4. The summed E-state index contributed by atoms with van der Waals surface area (Å²) in [5.41, 5.74) is -4.27. The standard InChI is InChI=1S/C42H78N2O14/c1-15-29-42(10,49)37-24(4)32(43-30(56-37)21-52-17-16-50-13)22(2)19-40(8,48)36(58-39-33(45)28(44(11)12)18-23(3)53-39)25(5)34(26(6)38(47)55-29)57-31-20-41(9,51-14)35(46)27(7)54-31/h22-37,39,43,45-46,48-49H,15-21H2,1-14H3/t22-,23-,24+,25+,26-,27+,28-,29-,30+,31+,32+,33-,34+,35+,36-,37-,39+,40-,41+,42-/m1/s1. The van der Waals surface area contributed by atoms with Crippen molar-refractivity contribution in [3.63, 3.8) is 0 Å². The molecule has 0 aromatic carbocycles. The molecule has 0 unspecified atom stereocenters. The molecule has 4 heterocycles. The fourth-order valence-corrected chi connectivity index (χ4v) is 10.0. The average molecular weight is 835 g/mol. The predicted octanol–water partition coefficient (Wildman–Crippen LogP) is 2.20. The summed E-state index contributed by atoms with van der Waals surface area (Å²) < 4.78 is 55.7. The molecular formula is C42H78N2O14. The number of hydrogen-bond donors (Lipinski definition) is 5. The number of rotatable bonds is 12. The fraction of sp³-hybridized carbons (Fsp3) is 0.976. The number of fused-ring (bicyclic) bond motifs is 2. The molecule has 20 atom stereocenters. The number of likely N-dealkylation sites (N-methyl/N-ethyl adjacent to an activating group) is 1. The van der Waals surface area contributed by atoms with Crippen LogP contribution in [0, 0.1) is 23.7 Å². The van der Waals surface area contributed by atoms with E-state index in [0.717, 1.165) is 0 Å². The van der Waals surface area contributed by atoms with Crippen molar-refractivity contribution in [1.82, 2.24) is 10.2 Å². The van der Waals surface area contributed by atoms with Crippen molar-refractivity contribution in [3.05, 3.63) is 0 Å². The molecule has 0 saturated carbocycles. The maximum Gasteiger partial charge on any atom is 0.311 e. The zero-order valence-electron chi connectivity index (χ0n) is 37.6. The topological polar surface area (TPSA) is 196 Å². The van der Waals surface area contributed by atoms with Crippen LogP contribution in [0.1, 0.15) is 94.9 Å². The van der Waals surface area contributed by atoms with Crippen molar-refractivity contribution in [2.75, 3.05) is 48.1 Å². The van der Waals surface area contributed by atoms with Gasteiger partial charge in [0, 0.05) is 44.6 Å². The van der Waals surface area contributed by atoms with E-state index in [1.165, 1.54) is 7.11 Å². The lowest BCUT2D eigenvalue weighted by atomic mass is 9.71. The largest absolute Gasteiger partial charge is 0.459 e. The maximum absolute atomic E-state index is 14.5. The highest BCUT2D eigenvalue weighted by Crippen LogP contribution is 2.43. The van der Waals surface area contributed by atoms with Crippen molar-refractivity contribution >= 4 is 5.97 Å². The first-order chi connectivity index (χ1) is 27.0. The zero-order chi connectivity index (χ0) is 43.5. The van der Waals surface area contributed by atoms with E-state index in [1.54, 1.807) is 41.7 Å². The van der Waals surface area contributed by atoms with Gasteiger partial charge in [-0.15, -0.1) is 0 Å². The number of carbonyl (C=O) groups excluding carboxylic acids is 1. The number of ether oxygens (including phenoxy) is 9. The van der Waals surface area contributed by atoms with Crippen LogP contribution in [0.4, 0.5) is 0 Å². The molecule has 4 aliphatic rings. The van der Waals surface area contributed by atoms with E-state index in [0.29, 0.717) is 19.6 Å². The SMILES string of the molecule is CC[C@H]1OC(=O)[C@H](C)[C@@H](O[C@H]2C[C@](C)(OC)[C@@H](O)[C@H](C)O2)[C@H](C)[C@@H](O[C@@H]2O[C@H](C)C[C@@H](N(C)C)[C@H]2O)[C@](C)(O)C[C@@H](C)[C@@H]2N[C@H](COCCOC)O[C@H]([C@H]2C)[C@]1(C)O. The number of cyclic esters (lactones) is 1. The summed E-state index contributed by atoms with van der Waals surface area (Å²) in [6.07, 6.45) is -8.29. The molecule has 0 amide bonds. The quantitative estimate of drug-likeness (QED) is 0.142. The van der Waals surface area contributed by atoms with Crippen molar-refractivity contribution in [2.24, 2.45) is 23.7 Å². The zero-order valence-corrected chi connectivity index (χ0v) is 37.6. The Morgan fingerprint density at radius 1 is 0.914 bits per heavy atom. The number of carbonyl (C=O) groups is 1. The lowest BCUT2D eigenvalue weighted by Crippen LogP contribution is -2.67. The van der Waals surface area contributed by atoms with Gasteiger partial charge in [0.05, 0.1) is 67.5 Å². The number of aliphatic hydroxyl groups excluding tert-OH is 2. The number of aliphatic hydroxyl groups is 4. The van der Waals surface area contributed by atoms with E-state index < -0.39 is 96.1 Å². The van der Waals surface area contributed by atoms with Crippen molar-refractivity contribution in [3.8, 4) is 0 Å². The predicted molar refractivity (Wildman–Crippen MR) is 214 cm³/mol. The van der Waals surface area contributed by atoms with E-state index in [4.69, 9.17) is 42.6 Å². The van der Waals surface area contributed by atoms with E-state index in [1.807, 2.05) is 53.6 Å². The second kappa shape index (κ2) is 20.4. The van der Waals surface area contributed by atoms with Gasteiger partial charge >= 0.3 is 5.97 Å². The van der Waals surface area contributed by atoms with Crippen LogP contribution in [0.2, 0.25) is 0 Å². The van der Waals surface area contributed by atoms with Crippen LogP contribution in [-0.4, -0.2) is 176 Å². The van der Waals surface area contributed by atoms with E-state index in [-0.39, 0.29) is 55.9 Å². The summed E-state index contributed by atoms with van der Waals surface area (Å²) >= 11 is 0. The molecule has 4 fully saturated rings. The van der Waals surface area contributed by atoms with Crippen molar-refractivity contribution in [2.45, 2.75) is 191 Å². The minimum atomic E-state index is -1.64. The summed E-state index contributed by atoms with van der Waals surface area (Å²) in [5, 5.41) is 51.5. The summed E-state index contributed by atoms with van der Waals surface area (Å²) in [5.74, 6) is -2.95. The molecule has 4 saturated heterocycles. The minimum Gasteiger partial charge on any atom is -0.459 e. The third-order valence-corrected chi connectivity index (χ3v) is 13.5. The first-order valence-corrected chi connectivity index (χ1v) is 21.4. The maximum atomic E-state index is 14.5. The number of esters is 1. The Balaban J connectivity index is 1.83. The molecule has 5 N–H and O–H groups in total. The van der Waals surface area contributed by atoms with Gasteiger partial charge in [-0.3, -0.25) is 10.1 Å². The molecule has 0 spiro atoms. The van der Waals surface area contributed by atoms with Crippen LogP contribution >= 0.6 is 0 Å². The molecule has 0 radical (unpaired) electrons. The number of hydrogen-bond acceptors (Lipinski definition) is 16. The summed E-state index contributed by atoms with van der Waals surface area (Å²) in [4.78, 5) is 16.4. The van der Waals surface area contributed by atoms with Gasteiger partial charge in [0.25, 0.3) is 0 Å². The van der Waals surface area contributed by atoms with Crippen LogP contribution in [0.15, 0.2) is 0 Å². The van der Waals surface area contributed by atoms with Crippen LogP contribution in [0.5, 0.6) is 0 Å². The molecule has 0 aliphatic carbocycles. The highest BCUT2D eigenvalue weighted by Gasteiger charge is 2.55. The van der Waals surface area contributed by atoms with Crippen LogP contribution in [-0.2, 0) is 47.4 Å². The van der Waals surface area contributed by atoms with Crippen molar-refractivity contribution in [1.29, 1.82) is 0 Å². The van der Waals surface area contributed by atoms with Gasteiger partial charge < -0.3 is 68.0 Å². The number of nitrogens with one attached hydrogen (secondary N) is 1. The van der Waals surface area contributed by atoms with Gasteiger partial charge in [0.15, 0.2) is 12.6 Å². The third-order valence-electron chi connectivity index (χ3n) is 13.5. The first-order valence-electron chi connectivity index (χ1n) is 21.4. The molecule has 16 heteroatoms. The molecule has 4 aliphatic heterocycles. The number of nitrogens with zero attached hydrogens (tertiary/aromatic N) is 1. The average Bonchev–Trinajstić information content (AvgIpc) is 3.15. The van der Waals surface area contributed by atoms with E-state index in [9.17, 15) is 25.2 Å². The lowest BCUT2D eigenvalue weighted by Gasteiger charge is -2.52. The van der Waals surface area contributed by atoms with E-state index in [2.05, 4.69) is 5.32 Å². The molecule has 0 aromatic rings. The normalized spacial score (nSPS) is 48.7. The van der Waals surface area contributed by atoms with Gasteiger partial charge in [-0.05, 0) is 80.8 Å². The molecule has 58 heavy (non-hydrogen) atoms. The summed E-state index contributed by atoms with van der Waals surface area (Å²) in [6, 6.07) is -0.593. The second-order valence-electron chi connectivity index (χ2n) is 18.6. The minimum absolute atomic E-state index is 0.137. The Morgan fingerprint density at radius 2 is 1.59 bits per heavy atom. The Hall–Kier alpha value is -1.09. The van der Waals surface area contributed by atoms with Crippen molar-refractivity contribution < 1.29 is 67.9 Å². The monoisotopic (exact) mass is 835 g/mol. The Morgan fingerprint density at radius 3 is 2.19 bits per heavy atom. The Labute approximate surface area is 346 Å². The Bertz CT molecular complexity index is 1290. The van der Waals surface area contributed by atoms with Gasteiger partial charge in [0.1, 0.15) is 30.1 Å². The highest BCUT2D eigenvalue weighted by molar-refractivity contribution is 5.73. The van der Waals surface area contributed by atoms with Gasteiger partial charge in [-0.1, -0.05) is 27.7 Å². The highest BCUT2D eigenvalue weighted by atomic mass is 16.7. The summed E-state index contributed by atoms with van der Waals surface area (Å²) in [7, 11) is 6.90. The first kappa shape index (κ1) is 49.6. The summed E-state index contributed by atoms with van der Waals surface area (Å²) in [6.45, 7) is 19.1. The number of methoxy groups -OCH3 is 2. The fourth-order valence-electron chi connectivity index (χ4n) is 10.0. The smallest absolute Gasteiger partial charge is 0.311 e.